The van der Waals surface area contributed by atoms with Crippen LogP contribution in [-0.2, 0) is 4.79 Å². The molecule has 0 unspecified atom stereocenters. The van der Waals surface area contributed by atoms with Crippen LogP contribution in [0.3, 0.4) is 0 Å². The molecule has 4 rings (SSSR count). The van der Waals surface area contributed by atoms with Gasteiger partial charge in [-0.1, -0.05) is 61.7 Å². The van der Waals surface area contributed by atoms with Crippen molar-refractivity contribution in [2.24, 2.45) is 4.99 Å². The maximum absolute atomic E-state index is 13.1. The fourth-order valence-electron chi connectivity index (χ4n) is 3.70. The van der Waals surface area contributed by atoms with Crippen LogP contribution in [0.4, 0.5) is 11.4 Å². The van der Waals surface area contributed by atoms with Gasteiger partial charge in [-0.05, 0) is 30.5 Å². The minimum absolute atomic E-state index is 0.140. The van der Waals surface area contributed by atoms with Crippen molar-refractivity contribution in [3.05, 3.63) is 60.2 Å². The third-order valence-corrected chi connectivity index (χ3v) is 6.50. The number of carbonyl (C=O) groups is 1. The van der Waals surface area contributed by atoms with Crippen LogP contribution in [0.1, 0.15) is 44.1 Å². The van der Waals surface area contributed by atoms with E-state index in [-0.39, 0.29) is 5.91 Å². The Kier molecular flexibility index (Phi) is 5.40. The van der Waals surface area contributed by atoms with Crippen molar-refractivity contribution < 1.29 is 4.79 Å². The van der Waals surface area contributed by atoms with E-state index < -0.39 is 0 Å². The second-order valence-electron chi connectivity index (χ2n) is 6.97. The lowest BCUT2D eigenvalue weighted by Crippen LogP contribution is -2.32. The highest BCUT2D eigenvalue weighted by Gasteiger charge is 2.26. The van der Waals surface area contributed by atoms with Crippen molar-refractivity contribution in [1.82, 2.24) is 0 Å². The van der Waals surface area contributed by atoms with Crippen LogP contribution in [-0.4, -0.2) is 22.7 Å². The number of rotatable bonds is 4. The predicted octanol–water partition coefficient (Wildman–Crippen LogP) is 5.57. The number of amides is 1. The van der Waals surface area contributed by atoms with E-state index >= 15 is 0 Å². The summed E-state index contributed by atoms with van der Waals surface area (Å²) in [7, 11) is 0. The van der Waals surface area contributed by atoms with Crippen molar-refractivity contribution >= 4 is 34.8 Å². The van der Waals surface area contributed by atoms with E-state index in [1.165, 1.54) is 32.1 Å². The monoisotopic (exact) mass is 364 g/mol. The van der Waals surface area contributed by atoms with Crippen molar-refractivity contribution in [3.63, 3.8) is 0 Å². The molecule has 0 atom stereocenters. The fourth-order valence-corrected chi connectivity index (χ4v) is 5.00. The van der Waals surface area contributed by atoms with E-state index in [1.54, 1.807) is 0 Å². The predicted molar refractivity (Wildman–Crippen MR) is 111 cm³/mol. The molecule has 0 N–H and O–H groups in total. The summed E-state index contributed by atoms with van der Waals surface area (Å²) in [5, 5.41) is 0.682. The molecule has 0 spiro atoms. The summed E-state index contributed by atoms with van der Waals surface area (Å²) in [5.74, 6) is 0.860. The number of benzene rings is 2. The van der Waals surface area contributed by atoms with Crippen molar-refractivity contribution in [3.8, 4) is 0 Å². The Morgan fingerprint density at radius 2 is 1.69 bits per heavy atom. The van der Waals surface area contributed by atoms with Gasteiger partial charge in [0, 0.05) is 5.25 Å². The Morgan fingerprint density at radius 1 is 0.962 bits per heavy atom. The minimum atomic E-state index is 0.140. The van der Waals surface area contributed by atoms with Gasteiger partial charge in [0.15, 0.2) is 0 Å². The molecule has 0 radical (unpaired) electrons. The van der Waals surface area contributed by atoms with Crippen LogP contribution in [0.25, 0.3) is 0 Å². The molecule has 0 bridgehead atoms. The highest BCUT2D eigenvalue weighted by molar-refractivity contribution is 8.00. The Labute approximate surface area is 159 Å². The standard InChI is InChI=1S/C22H24N2OS/c25-22-15-20(17-9-3-1-4-10-17)23-19-13-7-8-14-21(19)24(22)16-26-18-11-5-2-6-12-18/h1,3-4,7-10,13-14,18H,2,5-6,11-12,15-16H2. The lowest BCUT2D eigenvalue weighted by atomic mass is 10.0. The van der Waals surface area contributed by atoms with Gasteiger partial charge in [-0.3, -0.25) is 9.79 Å². The van der Waals surface area contributed by atoms with Crippen molar-refractivity contribution in [2.45, 2.75) is 43.8 Å². The first kappa shape index (κ1) is 17.3. The van der Waals surface area contributed by atoms with Gasteiger partial charge in [-0.2, -0.15) is 0 Å². The molecule has 3 nitrogen and oxygen atoms in total. The molecule has 2 aromatic rings. The molecule has 1 aliphatic heterocycles. The highest BCUT2D eigenvalue weighted by atomic mass is 32.2. The molecule has 2 aromatic carbocycles. The molecule has 1 heterocycles. The van der Waals surface area contributed by atoms with Crippen LogP contribution in [0, 0.1) is 0 Å². The average Bonchev–Trinajstić information content (AvgIpc) is 2.84. The number of hydrogen-bond acceptors (Lipinski definition) is 3. The first-order valence-electron chi connectivity index (χ1n) is 9.45. The van der Waals surface area contributed by atoms with Crippen LogP contribution in [0.2, 0.25) is 0 Å². The van der Waals surface area contributed by atoms with Gasteiger partial charge >= 0.3 is 0 Å². The summed E-state index contributed by atoms with van der Waals surface area (Å²) < 4.78 is 0. The third-order valence-electron chi connectivity index (χ3n) is 5.15. The van der Waals surface area contributed by atoms with Gasteiger partial charge in [0.2, 0.25) is 5.91 Å². The van der Waals surface area contributed by atoms with Crippen LogP contribution in [0.15, 0.2) is 59.6 Å². The summed E-state index contributed by atoms with van der Waals surface area (Å²) in [4.78, 5) is 19.9. The van der Waals surface area contributed by atoms with E-state index in [0.717, 1.165) is 28.5 Å². The van der Waals surface area contributed by atoms with Gasteiger partial charge in [-0.25, -0.2) is 0 Å². The second-order valence-corrected chi connectivity index (χ2v) is 8.23. The lowest BCUT2D eigenvalue weighted by Gasteiger charge is -2.26. The Bertz CT molecular complexity index is 797. The van der Waals surface area contributed by atoms with E-state index in [1.807, 2.05) is 71.3 Å². The maximum atomic E-state index is 13.1. The molecule has 0 aromatic heterocycles. The molecule has 1 fully saturated rings. The SMILES string of the molecule is O=C1CC(c2ccccc2)=Nc2ccccc2N1CSC1CCCCC1. The van der Waals surface area contributed by atoms with E-state index in [9.17, 15) is 4.79 Å². The Morgan fingerprint density at radius 3 is 2.50 bits per heavy atom. The Balaban J connectivity index is 1.59. The summed E-state index contributed by atoms with van der Waals surface area (Å²) in [5.41, 5.74) is 3.71. The fraction of sp³-hybridized carbons (Fsp3) is 0.364. The average molecular weight is 365 g/mol. The molecular weight excluding hydrogens is 340 g/mol. The van der Waals surface area contributed by atoms with Gasteiger partial charge in [0.25, 0.3) is 0 Å². The number of carbonyl (C=O) groups excluding carboxylic acids is 1. The maximum Gasteiger partial charge on any atom is 0.233 e. The zero-order chi connectivity index (χ0) is 17.8. The molecule has 1 aliphatic carbocycles. The van der Waals surface area contributed by atoms with Crippen LogP contribution in [0.5, 0.6) is 0 Å². The molecule has 26 heavy (non-hydrogen) atoms. The molecular formula is C22H24N2OS. The molecule has 2 aliphatic rings. The van der Waals surface area contributed by atoms with Gasteiger partial charge in [0.05, 0.1) is 29.4 Å². The zero-order valence-electron chi connectivity index (χ0n) is 14.9. The number of nitrogens with zero attached hydrogens (tertiary/aromatic N) is 2. The number of para-hydroxylation sites is 2. The third kappa shape index (κ3) is 3.85. The summed E-state index contributed by atoms with van der Waals surface area (Å²) in [6.45, 7) is 0. The summed E-state index contributed by atoms with van der Waals surface area (Å²) >= 11 is 1.93. The second kappa shape index (κ2) is 8.09. The normalized spacial score (nSPS) is 18.2. The van der Waals surface area contributed by atoms with E-state index in [2.05, 4.69) is 0 Å². The van der Waals surface area contributed by atoms with Crippen LogP contribution < -0.4 is 4.90 Å². The quantitative estimate of drug-likeness (QED) is 0.711. The first-order valence-corrected chi connectivity index (χ1v) is 10.5. The largest absolute Gasteiger partial charge is 0.300 e. The Hall–Kier alpha value is -2.07. The molecule has 1 amide bonds. The number of hydrogen-bond donors (Lipinski definition) is 0. The van der Waals surface area contributed by atoms with Gasteiger partial charge < -0.3 is 4.90 Å². The summed E-state index contributed by atoms with van der Waals surface area (Å²) in [6.07, 6.45) is 6.91. The van der Waals surface area contributed by atoms with Crippen molar-refractivity contribution in [1.29, 1.82) is 0 Å². The zero-order valence-corrected chi connectivity index (χ0v) is 15.8. The van der Waals surface area contributed by atoms with Crippen molar-refractivity contribution in [2.75, 3.05) is 10.8 Å². The number of thioether (sulfide) groups is 1. The molecule has 134 valence electrons. The highest BCUT2D eigenvalue weighted by Crippen LogP contribution is 2.36. The van der Waals surface area contributed by atoms with Gasteiger partial charge in [0.1, 0.15) is 0 Å². The summed E-state index contributed by atoms with van der Waals surface area (Å²) in [6, 6.07) is 18.1. The van der Waals surface area contributed by atoms with E-state index in [0.29, 0.717) is 11.7 Å². The van der Waals surface area contributed by atoms with E-state index in [4.69, 9.17) is 4.99 Å². The molecule has 1 saturated carbocycles. The minimum Gasteiger partial charge on any atom is -0.300 e. The number of fused-ring (bicyclic) bond motifs is 1. The molecule has 4 heteroatoms. The topological polar surface area (TPSA) is 32.7 Å². The first-order chi connectivity index (χ1) is 12.8. The van der Waals surface area contributed by atoms with Gasteiger partial charge in [-0.15, -0.1) is 11.8 Å². The van der Waals surface area contributed by atoms with Crippen LogP contribution >= 0.6 is 11.8 Å². The molecule has 0 saturated heterocycles. The smallest absolute Gasteiger partial charge is 0.233 e. The number of anilines is 1. The lowest BCUT2D eigenvalue weighted by molar-refractivity contribution is -0.117. The number of aliphatic imine (C=N–C) groups is 1.